The molecule has 2 heterocycles. The van der Waals surface area contributed by atoms with Crippen LogP contribution in [0.25, 0.3) is 0 Å². The van der Waals surface area contributed by atoms with Crippen molar-refractivity contribution < 1.29 is 9.47 Å². The Kier molecular flexibility index (Phi) is 4.38. The van der Waals surface area contributed by atoms with Crippen molar-refractivity contribution in [3.8, 4) is 0 Å². The molecule has 0 aromatic carbocycles. The van der Waals surface area contributed by atoms with Gasteiger partial charge in [-0.3, -0.25) is 0 Å². The minimum absolute atomic E-state index is 0.389. The zero-order valence-electron chi connectivity index (χ0n) is 9.58. The third-order valence-electron chi connectivity index (χ3n) is 3.24. The monoisotopic (exact) mass is 214 g/mol. The fourth-order valence-corrected chi connectivity index (χ4v) is 2.48. The van der Waals surface area contributed by atoms with E-state index in [0.717, 1.165) is 38.8 Å². The van der Waals surface area contributed by atoms with Crippen LogP contribution in [0.2, 0.25) is 0 Å². The van der Waals surface area contributed by atoms with E-state index in [9.17, 15) is 0 Å². The second-order valence-corrected chi connectivity index (χ2v) is 4.57. The number of nitrogens with zero attached hydrogens (tertiary/aromatic N) is 1. The van der Waals surface area contributed by atoms with Gasteiger partial charge in [0.2, 0.25) is 0 Å². The van der Waals surface area contributed by atoms with Crippen LogP contribution in [0.4, 0.5) is 0 Å². The van der Waals surface area contributed by atoms with Crippen LogP contribution in [0.15, 0.2) is 0 Å². The smallest absolute Gasteiger partial charge is 0.0826 e. The van der Waals surface area contributed by atoms with E-state index in [1.54, 1.807) is 7.11 Å². The van der Waals surface area contributed by atoms with Gasteiger partial charge in [-0.1, -0.05) is 0 Å². The second kappa shape index (κ2) is 5.80. The highest BCUT2D eigenvalue weighted by molar-refractivity contribution is 4.79. The molecule has 0 aromatic heterocycles. The summed E-state index contributed by atoms with van der Waals surface area (Å²) in [5.41, 5.74) is 0. The standard InChI is InChI=1S/C11H22N2O2/c1-14-9-10-2-4-13(7-10)8-11-6-12-3-5-15-11/h10-12H,2-9H2,1H3. The van der Waals surface area contributed by atoms with Gasteiger partial charge in [-0.25, -0.2) is 0 Å². The summed E-state index contributed by atoms with van der Waals surface area (Å²) in [6, 6.07) is 0. The van der Waals surface area contributed by atoms with Crippen molar-refractivity contribution in [3.63, 3.8) is 0 Å². The average Bonchev–Trinajstić information content (AvgIpc) is 2.68. The topological polar surface area (TPSA) is 33.7 Å². The lowest BCUT2D eigenvalue weighted by Crippen LogP contribution is -2.44. The number of ether oxygens (including phenoxy) is 2. The molecule has 2 aliphatic heterocycles. The highest BCUT2D eigenvalue weighted by atomic mass is 16.5. The van der Waals surface area contributed by atoms with Crippen molar-refractivity contribution in [2.24, 2.45) is 5.92 Å². The van der Waals surface area contributed by atoms with Gasteiger partial charge >= 0.3 is 0 Å². The third-order valence-corrected chi connectivity index (χ3v) is 3.24. The lowest BCUT2D eigenvalue weighted by molar-refractivity contribution is 0.00844. The highest BCUT2D eigenvalue weighted by Gasteiger charge is 2.25. The Labute approximate surface area is 91.9 Å². The summed E-state index contributed by atoms with van der Waals surface area (Å²) in [6.07, 6.45) is 1.66. The third kappa shape index (κ3) is 3.41. The predicted molar refractivity (Wildman–Crippen MR) is 59.0 cm³/mol. The van der Waals surface area contributed by atoms with Crippen LogP contribution in [0.3, 0.4) is 0 Å². The molecule has 4 nitrogen and oxygen atoms in total. The summed E-state index contributed by atoms with van der Waals surface area (Å²) in [7, 11) is 1.79. The number of methoxy groups -OCH3 is 1. The lowest BCUT2D eigenvalue weighted by Gasteiger charge is -2.27. The molecule has 0 bridgehead atoms. The first-order valence-electron chi connectivity index (χ1n) is 5.92. The highest BCUT2D eigenvalue weighted by Crippen LogP contribution is 2.17. The maximum Gasteiger partial charge on any atom is 0.0826 e. The van der Waals surface area contributed by atoms with Crippen LogP contribution in [-0.4, -0.2) is 64.1 Å². The van der Waals surface area contributed by atoms with E-state index < -0.39 is 0 Å². The molecule has 2 rings (SSSR count). The van der Waals surface area contributed by atoms with Gasteiger partial charge < -0.3 is 19.7 Å². The number of hydrogen-bond donors (Lipinski definition) is 1. The Hall–Kier alpha value is -0.160. The van der Waals surface area contributed by atoms with Crippen molar-refractivity contribution in [3.05, 3.63) is 0 Å². The number of morpholine rings is 1. The summed E-state index contributed by atoms with van der Waals surface area (Å²) in [6.45, 7) is 7.23. The Balaban J connectivity index is 1.67. The maximum absolute atomic E-state index is 5.70. The summed E-state index contributed by atoms with van der Waals surface area (Å²) in [5, 5.41) is 3.37. The molecule has 4 heteroatoms. The summed E-state index contributed by atoms with van der Waals surface area (Å²) in [4.78, 5) is 2.50. The van der Waals surface area contributed by atoms with E-state index in [2.05, 4.69) is 10.2 Å². The first-order chi connectivity index (χ1) is 7.38. The molecule has 0 radical (unpaired) electrons. The molecule has 0 spiro atoms. The van der Waals surface area contributed by atoms with Crippen LogP contribution in [0.1, 0.15) is 6.42 Å². The quantitative estimate of drug-likeness (QED) is 0.711. The van der Waals surface area contributed by atoms with Gasteiger partial charge in [-0.15, -0.1) is 0 Å². The lowest BCUT2D eigenvalue weighted by atomic mass is 10.1. The van der Waals surface area contributed by atoms with Gasteiger partial charge in [0, 0.05) is 33.3 Å². The summed E-state index contributed by atoms with van der Waals surface area (Å²) >= 11 is 0. The molecule has 2 saturated heterocycles. The van der Waals surface area contributed by atoms with Crippen LogP contribution < -0.4 is 5.32 Å². The van der Waals surface area contributed by atoms with E-state index in [0.29, 0.717) is 6.10 Å². The zero-order chi connectivity index (χ0) is 10.5. The first kappa shape index (κ1) is 11.3. The first-order valence-corrected chi connectivity index (χ1v) is 5.92. The van der Waals surface area contributed by atoms with Gasteiger partial charge in [0.1, 0.15) is 0 Å². The molecule has 0 aliphatic carbocycles. The van der Waals surface area contributed by atoms with Crippen molar-refractivity contribution in [1.29, 1.82) is 0 Å². The van der Waals surface area contributed by atoms with Crippen molar-refractivity contribution in [2.75, 3.05) is 53.0 Å². The van der Waals surface area contributed by atoms with Crippen LogP contribution in [-0.2, 0) is 9.47 Å². The molecular weight excluding hydrogens is 192 g/mol. The molecule has 2 atom stereocenters. The van der Waals surface area contributed by atoms with Crippen molar-refractivity contribution in [2.45, 2.75) is 12.5 Å². The van der Waals surface area contributed by atoms with Crippen LogP contribution >= 0.6 is 0 Å². The number of likely N-dealkylation sites (tertiary alicyclic amines) is 1. The van der Waals surface area contributed by atoms with E-state index in [1.807, 2.05) is 0 Å². The molecule has 0 aromatic rings. The van der Waals surface area contributed by atoms with Gasteiger partial charge in [0.15, 0.2) is 0 Å². The van der Waals surface area contributed by atoms with E-state index in [1.165, 1.54) is 19.5 Å². The average molecular weight is 214 g/mol. The fourth-order valence-electron chi connectivity index (χ4n) is 2.48. The van der Waals surface area contributed by atoms with E-state index >= 15 is 0 Å². The minimum Gasteiger partial charge on any atom is -0.384 e. The molecule has 0 amide bonds. The van der Waals surface area contributed by atoms with Crippen molar-refractivity contribution in [1.82, 2.24) is 10.2 Å². The summed E-state index contributed by atoms with van der Waals surface area (Å²) in [5.74, 6) is 0.728. The van der Waals surface area contributed by atoms with E-state index in [4.69, 9.17) is 9.47 Å². The number of hydrogen-bond acceptors (Lipinski definition) is 4. The number of nitrogens with one attached hydrogen (secondary N) is 1. The second-order valence-electron chi connectivity index (χ2n) is 4.57. The Morgan fingerprint density at radius 2 is 2.47 bits per heavy atom. The number of rotatable bonds is 4. The molecule has 1 N–H and O–H groups in total. The molecule has 2 fully saturated rings. The zero-order valence-corrected chi connectivity index (χ0v) is 9.58. The SMILES string of the molecule is COCC1CCN(CC2CNCCO2)C1. The van der Waals surface area contributed by atoms with E-state index in [-0.39, 0.29) is 0 Å². The largest absolute Gasteiger partial charge is 0.384 e. The normalized spacial score (nSPS) is 33.4. The van der Waals surface area contributed by atoms with Gasteiger partial charge in [-0.05, 0) is 18.9 Å². The molecule has 2 unspecified atom stereocenters. The van der Waals surface area contributed by atoms with Gasteiger partial charge in [0.05, 0.1) is 19.3 Å². The molecule has 0 saturated carbocycles. The Morgan fingerprint density at radius 3 is 3.20 bits per heavy atom. The Bertz CT molecular complexity index is 183. The fraction of sp³-hybridized carbons (Fsp3) is 1.00. The minimum atomic E-state index is 0.389. The maximum atomic E-state index is 5.70. The van der Waals surface area contributed by atoms with Gasteiger partial charge in [0.25, 0.3) is 0 Å². The van der Waals surface area contributed by atoms with Crippen LogP contribution in [0.5, 0.6) is 0 Å². The predicted octanol–water partition coefficient (Wildman–Crippen LogP) is -0.0569. The molecule has 88 valence electrons. The molecular formula is C11H22N2O2. The Morgan fingerprint density at radius 1 is 1.53 bits per heavy atom. The van der Waals surface area contributed by atoms with Crippen molar-refractivity contribution >= 4 is 0 Å². The van der Waals surface area contributed by atoms with Crippen LogP contribution in [0, 0.1) is 5.92 Å². The molecule has 2 aliphatic rings. The van der Waals surface area contributed by atoms with Gasteiger partial charge in [-0.2, -0.15) is 0 Å². The molecule has 15 heavy (non-hydrogen) atoms. The summed E-state index contributed by atoms with van der Waals surface area (Å²) < 4.78 is 10.9.